The molecule has 4 nitrogen and oxygen atoms in total. The van der Waals surface area contributed by atoms with Crippen molar-refractivity contribution in [3.05, 3.63) is 56.4 Å². The van der Waals surface area contributed by atoms with Crippen molar-refractivity contribution in [2.24, 2.45) is 0 Å². The molecule has 0 unspecified atom stereocenters. The zero-order valence-corrected chi connectivity index (χ0v) is 15.8. The Labute approximate surface area is 160 Å². The van der Waals surface area contributed by atoms with E-state index >= 15 is 0 Å². The van der Waals surface area contributed by atoms with Crippen molar-refractivity contribution in [3.63, 3.8) is 0 Å². The minimum atomic E-state index is -0.268. The van der Waals surface area contributed by atoms with Gasteiger partial charge >= 0.3 is 0 Å². The molecule has 122 valence electrons. The maximum absolute atomic E-state index is 12.7. The lowest BCUT2D eigenvalue weighted by molar-refractivity contribution is -0.113. The zero-order valence-electron chi connectivity index (χ0n) is 11.9. The van der Waals surface area contributed by atoms with Gasteiger partial charge in [-0.05, 0) is 57.9 Å². The van der Waals surface area contributed by atoms with Crippen LogP contribution < -0.4 is 4.90 Å². The van der Waals surface area contributed by atoms with Crippen LogP contribution in [-0.2, 0) is 4.79 Å². The Hall–Kier alpha value is -1.54. The van der Waals surface area contributed by atoms with E-state index in [0.29, 0.717) is 25.5 Å². The minimum Gasteiger partial charge on any atom is -0.504 e. The smallest absolute Gasteiger partial charge is 0.270 e. The Morgan fingerprint density at radius 1 is 1.17 bits per heavy atom. The van der Waals surface area contributed by atoms with Crippen LogP contribution in [0.4, 0.5) is 5.69 Å². The summed E-state index contributed by atoms with van der Waals surface area (Å²) in [6, 6.07) is 9.48. The first-order chi connectivity index (χ1) is 11.4. The fourth-order valence-electron chi connectivity index (χ4n) is 2.10. The summed E-state index contributed by atoms with van der Waals surface area (Å²) in [5.41, 5.74) is 1.17. The Kier molecular flexibility index (Phi) is 4.87. The highest BCUT2D eigenvalue weighted by Gasteiger charge is 2.33. The summed E-state index contributed by atoms with van der Waals surface area (Å²) >= 11 is 15.9. The minimum absolute atomic E-state index is 0.218. The van der Waals surface area contributed by atoms with Gasteiger partial charge in [-0.1, -0.05) is 41.6 Å². The molecule has 1 aliphatic heterocycles. The highest BCUT2D eigenvalue weighted by atomic mass is 79.9. The first-order valence-corrected chi connectivity index (χ1v) is 9.01. The number of benzene rings is 2. The average Bonchev–Trinajstić information content (AvgIpc) is 2.80. The van der Waals surface area contributed by atoms with E-state index < -0.39 is 0 Å². The first kappa shape index (κ1) is 17.3. The number of carbonyl (C=O) groups excluding carboxylic acids is 1. The van der Waals surface area contributed by atoms with Crippen LogP contribution in [0.1, 0.15) is 5.56 Å². The third-order valence-electron chi connectivity index (χ3n) is 3.25. The molecule has 0 radical (unpaired) electrons. The summed E-state index contributed by atoms with van der Waals surface area (Å²) in [4.78, 5) is 14.5. The molecule has 0 spiro atoms. The number of thiocarbonyl (C=S) groups is 1. The van der Waals surface area contributed by atoms with Crippen LogP contribution in [0.3, 0.4) is 0 Å². The number of anilines is 1. The molecule has 8 heteroatoms. The number of hydrogen-bond acceptors (Lipinski definition) is 5. The van der Waals surface area contributed by atoms with E-state index in [2.05, 4.69) is 15.9 Å². The molecular weight excluding hydrogens is 434 g/mol. The summed E-state index contributed by atoms with van der Waals surface area (Å²) in [5, 5.41) is 19.4. The van der Waals surface area contributed by atoms with Crippen molar-refractivity contribution in [3.8, 4) is 11.5 Å². The van der Waals surface area contributed by atoms with Gasteiger partial charge in [-0.15, -0.1) is 0 Å². The largest absolute Gasteiger partial charge is 0.504 e. The number of rotatable bonds is 2. The molecule has 0 aliphatic carbocycles. The summed E-state index contributed by atoms with van der Waals surface area (Å²) < 4.78 is 1.13. The lowest BCUT2D eigenvalue weighted by Gasteiger charge is -2.15. The molecule has 1 aliphatic rings. The van der Waals surface area contributed by atoms with E-state index in [1.165, 1.54) is 17.0 Å². The summed E-state index contributed by atoms with van der Waals surface area (Å²) in [6.07, 6.45) is 1.61. The highest BCUT2D eigenvalue weighted by Crippen LogP contribution is 2.38. The quantitative estimate of drug-likeness (QED) is 0.393. The van der Waals surface area contributed by atoms with Crippen LogP contribution in [0.2, 0.25) is 5.02 Å². The number of aromatic hydroxyl groups is 2. The van der Waals surface area contributed by atoms with E-state index in [9.17, 15) is 15.0 Å². The monoisotopic (exact) mass is 441 g/mol. The van der Waals surface area contributed by atoms with Gasteiger partial charge in [0.25, 0.3) is 5.91 Å². The van der Waals surface area contributed by atoms with Crippen LogP contribution in [0.15, 0.2) is 45.8 Å². The van der Waals surface area contributed by atoms with Gasteiger partial charge < -0.3 is 10.2 Å². The van der Waals surface area contributed by atoms with Crippen molar-refractivity contribution in [1.82, 2.24) is 0 Å². The second kappa shape index (κ2) is 6.76. The molecular formula is C16H9BrClNO3S2. The molecule has 1 heterocycles. The normalized spacial score (nSPS) is 16.2. The Morgan fingerprint density at radius 3 is 2.58 bits per heavy atom. The van der Waals surface area contributed by atoms with Crippen molar-refractivity contribution in [2.45, 2.75) is 0 Å². The predicted molar refractivity (Wildman–Crippen MR) is 105 cm³/mol. The van der Waals surface area contributed by atoms with E-state index in [1.807, 2.05) is 0 Å². The molecule has 0 bridgehead atoms. The summed E-state index contributed by atoms with van der Waals surface area (Å²) in [5.74, 6) is -0.737. The van der Waals surface area contributed by atoms with E-state index in [-0.39, 0.29) is 17.4 Å². The van der Waals surface area contributed by atoms with Crippen LogP contribution in [0, 0.1) is 0 Å². The van der Waals surface area contributed by atoms with Crippen LogP contribution in [0.25, 0.3) is 6.08 Å². The van der Waals surface area contributed by atoms with Gasteiger partial charge in [0.15, 0.2) is 15.8 Å². The van der Waals surface area contributed by atoms with Crippen LogP contribution >= 0.6 is 51.5 Å². The summed E-state index contributed by atoms with van der Waals surface area (Å²) in [7, 11) is 0. The van der Waals surface area contributed by atoms with Crippen molar-refractivity contribution in [2.75, 3.05) is 4.90 Å². The van der Waals surface area contributed by atoms with Gasteiger partial charge in [-0.2, -0.15) is 0 Å². The van der Waals surface area contributed by atoms with E-state index in [4.69, 9.17) is 23.8 Å². The Bertz CT molecular complexity index is 901. The number of hydrogen-bond donors (Lipinski definition) is 2. The van der Waals surface area contributed by atoms with Crippen molar-refractivity contribution < 1.29 is 15.0 Å². The molecule has 24 heavy (non-hydrogen) atoms. The molecule has 3 rings (SSSR count). The lowest BCUT2D eigenvalue weighted by atomic mass is 10.2. The maximum atomic E-state index is 12.7. The third kappa shape index (κ3) is 3.30. The number of amides is 1. The zero-order chi connectivity index (χ0) is 17.4. The molecule has 2 aromatic rings. The number of phenolic OH excluding ortho intramolecular Hbond substituents is 2. The second-order valence-corrected chi connectivity index (χ2v) is 7.80. The molecule has 1 amide bonds. The number of carbonyl (C=O) groups is 1. The SMILES string of the molecule is O=C1/C(=C\c2ccc(O)c(O)c2)SC(=S)N1c1ccc(Br)c(Cl)c1. The maximum Gasteiger partial charge on any atom is 0.270 e. The Balaban J connectivity index is 1.94. The standard InChI is InChI=1S/C16H9BrClNO3S2/c17-10-3-2-9(7-11(10)18)19-15(22)14(24-16(19)23)6-8-1-4-12(20)13(21)5-8/h1-7,20-21H/b14-6+. The third-order valence-corrected chi connectivity index (χ3v) is 5.79. The molecule has 0 saturated carbocycles. The summed E-state index contributed by atoms with van der Waals surface area (Å²) in [6.45, 7) is 0. The van der Waals surface area contributed by atoms with Crippen LogP contribution in [0.5, 0.6) is 11.5 Å². The van der Waals surface area contributed by atoms with Gasteiger partial charge in [-0.3, -0.25) is 9.69 Å². The first-order valence-electron chi connectivity index (χ1n) is 6.62. The molecule has 0 aromatic heterocycles. The number of phenols is 2. The van der Waals surface area contributed by atoms with Gasteiger partial charge in [-0.25, -0.2) is 0 Å². The van der Waals surface area contributed by atoms with Gasteiger partial charge in [0.2, 0.25) is 0 Å². The topological polar surface area (TPSA) is 60.8 Å². The number of thioether (sulfide) groups is 1. The second-order valence-electron chi connectivity index (χ2n) is 4.86. The van der Waals surface area contributed by atoms with E-state index in [0.717, 1.165) is 16.2 Å². The van der Waals surface area contributed by atoms with Crippen LogP contribution in [-0.4, -0.2) is 20.4 Å². The van der Waals surface area contributed by atoms with E-state index in [1.54, 1.807) is 30.3 Å². The lowest BCUT2D eigenvalue weighted by Crippen LogP contribution is -2.27. The number of nitrogens with zero attached hydrogens (tertiary/aromatic N) is 1. The highest BCUT2D eigenvalue weighted by molar-refractivity contribution is 9.10. The fraction of sp³-hybridized carbons (Fsp3) is 0. The number of halogens is 2. The van der Waals surface area contributed by atoms with Gasteiger partial charge in [0.1, 0.15) is 0 Å². The van der Waals surface area contributed by atoms with Crippen molar-refractivity contribution >= 4 is 73.5 Å². The van der Waals surface area contributed by atoms with Crippen molar-refractivity contribution in [1.29, 1.82) is 0 Å². The molecule has 2 N–H and O–H groups in total. The van der Waals surface area contributed by atoms with Gasteiger partial charge in [0.05, 0.1) is 15.6 Å². The molecule has 0 atom stereocenters. The molecule has 1 saturated heterocycles. The van der Waals surface area contributed by atoms with Gasteiger partial charge in [0, 0.05) is 4.47 Å². The molecule has 2 aromatic carbocycles. The average molecular weight is 443 g/mol. The predicted octanol–water partition coefficient (Wildman–Crippen LogP) is 4.92. The molecule has 1 fully saturated rings. The Morgan fingerprint density at radius 2 is 1.92 bits per heavy atom. The fourth-order valence-corrected chi connectivity index (χ4v) is 3.82.